The number of thioether (sulfide) groups is 1. The molecule has 0 fully saturated rings. The van der Waals surface area contributed by atoms with Crippen molar-refractivity contribution in [3.05, 3.63) is 11.9 Å². The summed E-state index contributed by atoms with van der Waals surface area (Å²) in [5, 5.41) is 7.65. The monoisotopic (exact) mass is 243 g/mol. The maximum atomic E-state index is 11.8. The van der Waals surface area contributed by atoms with Gasteiger partial charge in [-0.15, -0.1) is 5.10 Å². The van der Waals surface area contributed by atoms with Gasteiger partial charge in [-0.3, -0.25) is 9.48 Å². The minimum Gasteiger partial charge on any atom is -0.339 e. The maximum absolute atomic E-state index is 11.8. The summed E-state index contributed by atoms with van der Waals surface area (Å²) in [4.78, 5) is 13.5. The van der Waals surface area contributed by atoms with Crippen LogP contribution in [0.1, 0.15) is 10.5 Å². The number of nitrogens with two attached hydrogens (primary N) is 1. The molecule has 1 amide bonds. The first-order valence-corrected chi connectivity index (χ1v) is 6.43. The summed E-state index contributed by atoms with van der Waals surface area (Å²) in [7, 11) is 1.76. The molecule has 7 heteroatoms. The second-order valence-corrected chi connectivity index (χ2v) is 4.36. The molecule has 0 aliphatic heterocycles. The van der Waals surface area contributed by atoms with Gasteiger partial charge >= 0.3 is 0 Å². The van der Waals surface area contributed by atoms with E-state index < -0.39 is 0 Å². The van der Waals surface area contributed by atoms with Gasteiger partial charge in [-0.05, 0) is 6.26 Å². The van der Waals surface area contributed by atoms with Crippen LogP contribution in [0.4, 0.5) is 0 Å². The molecule has 0 atom stereocenters. The number of hydrogen-bond donors (Lipinski definition) is 1. The van der Waals surface area contributed by atoms with Crippen molar-refractivity contribution in [2.45, 2.75) is 6.54 Å². The second-order valence-electron chi connectivity index (χ2n) is 3.38. The van der Waals surface area contributed by atoms with Gasteiger partial charge in [-0.25, -0.2) is 0 Å². The number of nitrogens with zero attached hydrogens (tertiary/aromatic N) is 4. The van der Waals surface area contributed by atoms with Gasteiger partial charge in [-0.1, -0.05) is 5.21 Å². The molecule has 0 aliphatic rings. The van der Waals surface area contributed by atoms with Gasteiger partial charge in [0.1, 0.15) is 0 Å². The molecule has 6 nitrogen and oxygen atoms in total. The summed E-state index contributed by atoms with van der Waals surface area (Å²) >= 11 is 1.70. The molecule has 1 aromatic heterocycles. The normalized spacial score (nSPS) is 10.4. The molecule has 16 heavy (non-hydrogen) atoms. The predicted molar refractivity (Wildman–Crippen MR) is 64.4 cm³/mol. The molecule has 0 saturated carbocycles. The Kier molecular flexibility index (Phi) is 5.27. The SMILES string of the molecule is CSCCN(C)C(=O)c1cn(CCN)nn1. The molecule has 0 aromatic carbocycles. The lowest BCUT2D eigenvalue weighted by Crippen LogP contribution is -2.29. The molecule has 0 spiro atoms. The van der Waals surface area contributed by atoms with E-state index in [1.165, 1.54) is 0 Å². The Hall–Kier alpha value is -1.08. The fourth-order valence-electron chi connectivity index (χ4n) is 1.16. The summed E-state index contributed by atoms with van der Waals surface area (Å²) in [5.74, 6) is 0.816. The van der Waals surface area contributed by atoms with Gasteiger partial charge in [0.05, 0.1) is 12.7 Å². The van der Waals surface area contributed by atoms with Crippen molar-refractivity contribution in [2.75, 3.05) is 32.1 Å². The molecule has 1 heterocycles. The summed E-state index contributed by atoms with van der Waals surface area (Å²) in [5.41, 5.74) is 5.76. The Morgan fingerprint density at radius 1 is 1.69 bits per heavy atom. The first-order chi connectivity index (χ1) is 7.69. The van der Waals surface area contributed by atoms with Crippen LogP contribution in [-0.2, 0) is 6.54 Å². The fraction of sp³-hybridized carbons (Fsp3) is 0.667. The van der Waals surface area contributed by atoms with Crippen molar-refractivity contribution in [1.82, 2.24) is 19.9 Å². The van der Waals surface area contributed by atoms with Crippen molar-refractivity contribution in [1.29, 1.82) is 0 Å². The van der Waals surface area contributed by atoms with E-state index in [0.29, 0.717) is 25.3 Å². The minimum absolute atomic E-state index is 0.0997. The van der Waals surface area contributed by atoms with Crippen LogP contribution in [0.5, 0.6) is 0 Å². The summed E-state index contributed by atoms with van der Waals surface area (Å²) in [6, 6.07) is 0. The van der Waals surface area contributed by atoms with E-state index in [9.17, 15) is 4.79 Å². The Morgan fingerprint density at radius 2 is 2.44 bits per heavy atom. The van der Waals surface area contributed by atoms with E-state index >= 15 is 0 Å². The van der Waals surface area contributed by atoms with Crippen LogP contribution in [0.25, 0.3) is 0 Å². The quantitative estimate of drug-likeness (QED) is 0.740. The molecule has 0 aliphatic carbocycles. The third-order valence-corrected chi connectivity index (χ3v) is 2.68. The van der Waals surface area contributed by atoms with Crippen LogP contribution in [0.15, 0.2) is 6.20 Å². The average Bonchev–Trinajstić information content (AvgIpc) is 2.74. The van der Waals surface area contributed by atoms with E-state index in [4.69, 9.17) is 5.73 Å². The highest BCUT2D eigenvalue weighted by atomic mass is 32.2. The molecule has 0 radical (unpaired) electrons. The van der Waals surface area contributed by atoms with Crippen LogP contribution in [-0.4, -0.2) is 57.9 Å². The Labute approximate surface area is 99.2 Å². The molecule has 90 valence electrons. The van der Waals surface area contributed by atoms with Crippen molar-refractivity contribution < 1.29 is 4.79 Å². The molecule has 0 saturated heterocycles. The van der Waals surface area contributed by atoms with E-state index in [0.717, 1.165) is 5.75 Å². The number of carbonyl (C=O) groups excluding carboxylic acids is 1. The highest BCUT2D eigenvalue weighted by Crippen LogP contribution is 2.00. The van der Waals surface area contributed by atoms with Crippen LogP contribution < -0.4 is 5.73 Å². The van der Waals surface area contributed by atoms with Gasteiger partial charge in [-0.2, -0.15) is 11.8 Å². The molecule has 2 N–H and O–H groups in total. The van der Waals surface area contributed by atoms with Gasteiger partial charge in [0, 0.05) is 25.9 Å². The van der Waals surface area contributed by atoms with Gasteiger partial charge < -0.3 is 10.6 Å². The van der Waals surface area contributed by atoms with Crippen LogP contribution >= 0.6 is 11.8 Å². The van der Waals surface area contributed by atoms with Crippen LogP contribution in [0.3, 0.4) is 0 Å². The molecular weight excluding hydrogens is 226 g/mol. The lowest BCUT2D eigenvalue weighted by molar-refractivity contribution is 0.0798. The summed E-state index contributed by atoms with van der Waals surface area (Å²) in [6.07, 6.45) is 3.64. The highest BCUT2D eigenvalue weighted by molar-refractivity contribution is 7.98. The number of rotatable bonds is 6. The Balaban J connectivity index is 2.57. The average molecular weight is 243 g/mol. The largest absolute Gasteiger partial charge is 0.339 e. The molecule has 1 rings (SSSR count). The number of hydrogen-bond acceptors (Lipinski definition) is 5. The Morgan fingerprint density at radius 3 is 3.06 bits per heavy atom. The topological polar surface area (TPSA) is 77.0 Å². The smallest absolute Gasteiger partial charge is 0.275 e. The number of carbonyl (C=O) groups is 1. The standard InChI is InChI=1S/C9H17N5OS/c1-13(5-6-16-2)9(15)8-7-14(4-3-10)12-11-8/h7H,3-6,10H2,1-2H3. The Bertz CT molecular complexity index is 340. The lowest BCUT2D eigenvalue weighted by Gasteiger charge is -2.14. The van der Waals surface area contributed by atoms with Crippen molar-refractivity contribution in [3.8, 4) is 0 Å². The zero-order valence-electron chi connectivity index (χ0n) is 9.59. The minimum atomic E-state index is -0.0997. The molecule has 0 unspecified atom stereocenters. The van der Waals surface area contributed by atoms with Gasteiger partial charge in [0.2, 0.25) is 0 Å². The highest BCUT2D eigenvalue weighted by Gasteiger charge is 2.14. The van der Waals surface area contributed by atoms with E-state index in [-0.39, 0.29) is 5.91 Å². The van der Waals surface area contributed by atoms with Crippen LogP contribution in [0, 0.1) is 0 Å². The van der Waals surface area contributed by atoms with E-state index in [1.54, 1.807) is 34.6 Å². The molecule has 0 bridgehead atoms. The molecule has 1 aromatic rings. The third-order valence-electron chi connectivity index (χ3n) is 2.09. The van der Waals surface area contributed by atoms with Crippen molar-refractivity contribution in [2.24, 2.45) is 5.73 Å². The van der Waals surface area contributed by atoms with E-state index in [2.05, 4.69) is 10.3 Å². The second kappa shape index (κ2) is 6.49. The number of amides is 1. The zero-order valence-corrected chi connectivity index (χ0v) is 10.4. The number of aromatic nitrogens is 3. The van der Waals surface area contributed by atoms with E-state index in [1.807, 2.05) is 6.26 Å². The van der Waals surface area contributed by atoms with Crippen molar-refractivity contribution >= 4 is 17.7 Å². The van der Waals surface area contributed by atoms with Gasteiger partial charge in [0.25, 0.3) is 5.91 Å². The zero-order chi connectivity index (χ0) is 12.0. The lowest BCUT2D eigenvalue weighted by atomic mass is 10.4. The van der Waals surface area contributed by atoms with Crippen LogP contribution in [0.2, 0.25) is 0 Å². The van der Waals surface area contributed by atoms with Gasteiger partial charge in [0.15, 0.2) is 5.69 Å². The molecular formula is C9H17N5OS. The first-order valence-electron chi connectivity index (χ1n) is 5.03. The third kappa shape index (κ3) is 3.49. The summed E-state index contributed by atoms with van der Waals surface area (Å²) < 4.78 is 1.58. The van der Waals surface area contributed by atoms with Crippen molar-refractivity contribution in [3.63, 3.8) is 0 Å². The first kappa shape index (κ1) is 13.0. The predicted octanol–water partition coefficient (Wildman–Crippen LogP) is -0.328. The maximum Gasteiger partial charge on any atom is 0.275 e. The summed E-state index contributed by atoms with van der Waals surface area (Å²) in [6.45, 7) is 1.78. The fourth-order valence-corrected chi connectivity index (χ4v) is 1.62.